The van der Waals surface area contributed by atoms with E-state index in [1.165, 1.54) is 12.0 Å². The first-order chi connectivity index (χ1) is 17.8. The van der Waals surface area contributed by atoms with Crippen LogP contribution in [0.5, 0.6) is 0 Å². The summed E-state index contributed by atoms with van der Waals surface area (Å²) >= 11 is 0. The van der Waals surface area contributed by atoms with Gasteiger partial charge in [0.05, 0.1) is 7.11 Å². The van der Waals surface area contributed by atoms with E-state index in [0.29, 0.717) is 5.56 Å². The van der Waals surface area contributed by atoms with Gasteiger partial charge in [0.2, 0.25) is 0 Å². The summed E-state index contributed by atoms with van der Waals surface area (Å²) in [5.74, 6) is 0.766. The molecule has 0 amide bonds. The number of hydrogen-bond acceptors (Lipinski definition) is 3. The van der Waals surface area contributed by atoms with Crippen LogP contribution in [0.4, 0.5) is 0 Å². The first kappa shape index (κ1) is 31.6. The Hall–Kier alpha value is -3.46. The van der Waals surface area contributed by atoms with Crippen LogP contribution in [0.25, 0.3) is 16.5 Å². The Bertz CT molecular complexity index is 1250. The van der Waals surface area contributed by atoms with E-state index < -0.39 is 0 Å². The highest BCUT2D eigenvalue weighted by Gasteiger charge is 2.18. The number of aromatic amines is 1. The van der Waals surface area contributed by atoms with Crippen LogP contribution in [0.2, 0.25) is 0 Å². The molecule has 3 aromatic rings. The number of carbonyl (C=O) groups excluding carboxylic acids is 1. The minimum atomic E-state index is 0.638. The van der Waals surface area contributed by atoms with E-state index in [1.807, 2.05) is 75.6 Å². The minimum Gasteiger partial charge on any atom is -0.501 e. The van der Waals surface area contributed by atoms with Crippen LogP contribution in [0.1, 0.15) is 55.6 Å². The number of hydrogen-bond donors (Lipinski definition) is 2. The molecule has 0 bridgehead atoms. The number of nitrogens with one attached hydrogen (secondary N) is 2. The van der Waals surface area contributed by atoms with E-state index >= 15 is 0 Å². The molecule has 1 aromatic heterocycles. The van der Waals surface area contributed by atoms with Gasteiger partial charge in [-0.2, -0.15) is 0 Å². The second kappa shape index (κ2) is 17.1. The Balaban J connectivity index is 0.000000526. The Morgan fingerprint density at radius 1 is 1.14 bits per heavy atom. The Kier molecular flexibility index (Phi) is 14.6. The van der Waals surface area contributed by atoms with Crippen molar-refractivity contribution in [2.75, 3.05) is 20.7 Å². The minimum absolute atomic E-state index is 0.638. The standard InChI is InChI=1S/C22H20NO2P.C7H15N.C3H6/c1-14(17-7-5-4-6-8-17)21(15(2)25-3)22(26)19-12-23-20-11-16(13-24)9-10-18(19)20;1-4-7(2)5-6-8-3;1-3-2/h4-13,23,26H,1H2,2-3H3;4,8H,5-6H2,1-3H3;3H,1H2,2H3/b21-15+;7-4+;. The third-order valence-electron chi connectivity index (χ3n) is 5.71. The number of aldehydes is 1. The molecule has 0 radical (unpaired) electrons. The quantitative estimate of drug-likeness (QED) is 0.0995. The van der Waals surface area contributed by atoms with Gasteiger partial charge in [0.15, 0.2) is 0 Å². The molecule has 2 aromatic carbocycles. The summed E-state index contributed by atoms with van der Waals surface area (Å²) in [4.78, 5) is 14.2. The summed E-state index contributed by atoms with van der Waals surface area (Å²) in [5, 5.41) is 4.99. The number of H-pyrrole nitrogens is 1. The van der Waals surface area contributed by atoms with Gasteiger partial charge in [-0.05, 0) is 64.9 Å². The predicted molar refractivity (Wildman–Crippen MR) is 165 cm³/mol. The van der Waals surface area contributed by atoms with Gasteiger partial charge in [-0.1, -0.05) is 66.8 Å². The number of carbonyl (C=O) groups is 1. The van der Waals surface area contributed by atoms with E-state index in [0.717, 1.165) is 57.1 Å². The fourth-order valence-electron chi connectivity index (χ4n) is 3.45. The molecule has 0 aliphatic carbocycles. The zero-order valence-corrected chi connectivity index (χ0v) is 24.1. The normalized spacial score (nSPS) is 11.2. The SMILES string of the molecule is C/C=C(\C)CCNC.C=C(/C(C(=P)c1c[nH]c2cc(C=O)ccc12)=C(/C)OC)c1ccccc1.C=CC. The second-order valence-corrected chi connectivity index (χ2v) is 8.88. The Morgan fingerprint density at radius 3 is 2.32 bits per heavy atom. The first-order valence-corrected chi connectivity index (χ1v) is 12.8. The third kappa shape index (κ3) is 9.49. The lowest BCUT2D eigenvalue weighted by molar-refractivity contribution is 0.112. The highest BCUT2D eigenvalue weighted by atomic mass is 31.0. The number of ether oxygens (including phenoxy) is 1. The number of methoxy groups -OCH3 is 1. The molecule has 0 atom stereocenters. The van der Waals surface area contributed by atoms with Crippen molar-refractivity contribution in [1.29, 1.82) is 0 Å². The molecule has 0 unspecified atom stereocenters. The van der Waals surface area contributed by atoms with Gasteiger partial charge in [-0.3, -0.25) is 4.79 Å². The van der Waals surface area contributed by atoms with E-state index in [2.05, 4.69) is 52.2 Å². The molecule has 1 heterocycles. The molecule has 5 heteroatoms. The maximum absolute atomic E-state index is 11.0. The van der Waals surface area contributed by atoms with Gasteiger partial charge in [-0.15, -0.1) is 15.4 Å². The van der Waals surface area contributed by atoms with Crippen LogP contribution in [-0.2, 0) is 4.74 Å². The molecular formula is C32H41N2O2P. The summed E-state index contributed by atoms with van der Waals surface area (Å²) in [5.41, 5.74) is 6.78. The van der Waals surface area contributed by atoms with Crippen molar-refractivity contribution in [3.63, 3.8) is 0 Å². The third-order valence-corrected chi connectivity index (χ3v) is 6.22. The molecule has 3 rings (SSSR count). The Morgan fingerprint density at radius 2 is 1.78 bits per heavy atom. The number of benzene rings is 2. The zero-order valence-electron chi connectivity index (χ0n) is 23.1. The summed E-state index contributed by atoms with van der Waals surface area (Å²) in [6.07, 6.45) is 7.84. The van der Waals surface area contributed by atoms with Gasteiger partial charge >= 0.3 is 0 Å². The largest absolute Gasteiger partial charge is 0.501 e. The van der Waals surface area contributed by atoms with E-state index in [9.17, 15) is 4.79 Å². The second-order valence-electron chi connectivity index (χ2n) is 8.38. The van der Waals surface area contributed by atoms with Gasteiger partial charge in [-0.25, -0.2) is 0 Å². The summed E-state index contributed by atoms with van der Waals surface area (Å²) < 4.78 is 5.53. The van der Waals surface area contributed by atoms with Crippen molar-refractivity contribution in [2.45, 2.75) is 34.1 Å². The van der Waals surface area contributed by atoms with Crippen molar-refractivity contribution in [3.8, 4) is 0 Å². The smallest absolute Gasteiger partial charge is 0.150 e. The fourth-order valence-corrected chi connectivity index (χ4v) is 3.98. The molecule has 0 spiro atoms. The Labute approximate surface area is 225 Å². The maximum atomic E-state index is 11.0. The van der Waals surface area contributed by atoms with Crippen molar-refractivity contribution >= 4 is 36.9 Å². The number of allylic oxidation sites excluding steroid dienone is 5. The van der Waals surface area contributed by atoms with Crippen LogP contribution >= 0.6 is 8.86 Å². The molecule has 0 fully saturated rings. The molecule has 196 valence electrons. The highest BCUT2D eigenvalue weighted by molar-refractivity contribution is 7.23. The first-order valence-electron chi connectivity index (χ1n) is 12.3. The molecule has 0 saturated heterocycles. The fraction of sp³-hybridized carbons (Fsp3) is 0.250. The average Bonchev–Trinajstić information content (AvgIpc) is 3.36. The molecule has 0 aliphatic rings. The van der Waals surface area contributed by atoms with Crippen LogP contribution in [0.3, 0.4) is 0 Å². The van der Waals surface area contributed by atoms with Crippen LogP contribution < -0.4 is 5.32 Å². The van der Waals surface area contributed by atoms with Gasteiger partial charge in [0, 0.05) is 39.1 Å². The number of rotatable bonds is 9. The van der Waals surface area contributed by atoms with Crippen molar-refractivity contribution in [2.24, 2.45) is 0 Å². The highest BCUT2D eigenvalue weighted by Crippen LogP contribution is 2.31. The number of fused-ring (bicyclic) bond motifs is 1. The average molecular weight is 517 g/mol. The van der Waals surface area contributed by atoms with Crippen LogP contribution in [0, 0.1) is 0 Å². The van der Waals surface area contributed by atoms with Gasteiger partial charge in [0.1, 0.15) is 12.0 Å². The molecule has 2 N–H and O–H groups in total. The number of aromatic nitrogens is 1. The van der Waals surface area contributed by atoms with Crippen molar-refractivity contribution in [3.05, 3.63) is 114 Å². The summed E-state index contributed by atoms with van der Waals surface area (Å²) in [6, 6.07) is 15.6. The molecular weight excluding hydrogens is 475 g/mol. The van der Waals surface area contributed by atoms with E-state index in [4.69, 9.17) is 4.74 Å². The molecule has 0 saturated carbocycles. The van der Waals surface area contributed by atoms with Gasteiger partial charge < -0.3 is 15.0 Å². The van der Waals surface area contributed by atoms with E-state index in [-0.39, 0.29) is 0 Å². The molecule has 4 nitrogen and oxygen atoms in total. The summed E-state index contributed by atoms with van der Waals surface area (Å²) in [7, 11) is 7.45. The predicted octanol–water partition coefficient (Wildman–Crippen LogP) is 8.03. The van der Waals surface area contributed by atoms with E-state index in [1.54, 1.807) is 13.2 Å². The lowest BCUT2D eigenvalue weighted by Gasteiger charge is -2.16. The molecule has 37 heavy (non-hydrogen) atoms. The van der Waals surface area contributed by atoms with Gasteiger partial charge in [0.25, 0.3) is 0 Å². The summed E-state index contributed by atoms with van der Waals surface area (Å²) in [6.45, 7) is 16.8. The lowest BCUT2D eigenvalue weighted by atomic mass is 9.92. The maximum Gasteiger partial charge on any atom is 0.150 e. The van der Waals surface area contributed by atoms with Crippen molar-refractivity contribution in [1.82, 2.24) is 10.3 Å². The zero-order chi connectivity index (χ0) is 27.8. The van der Waals surface area contributed by atoms with Crippen molar-refractivity contribution < 1.29 is 9.53 Å². The van der Waals surface area contributed by atoms with Crippen LogP contribution in [0.15, 0.2) is 96.9 Å². The monoisotopic (exact) mass is 516 g/mol. The van der Waals surface area contributed by atoms with Crippen LogP contribution in [-0.4, -0.2) is 37.3 Å². The topological polar surface area (TPSA) is 54.1 Å². The lowest BCUT2D eigenvalue weighted by Crippen LogP contribution is -2.07. The molecule has 0 aliphatic heterocycles.